The van der Waals surface area contributed by atoms with Crippen LogP contribution in [0.1, 0.15) is 60.0 Å². The van der Waals surface area contributed by atoms with Crippen molar-refractivity contribution in [2.75, 3.05) is 7.05 Å². The topological polar surface area (TPSA) is 87.7 Å². The van der Waals surface area contributed by atoms with Gasteiger partial charge in [-0.25, -0.2) is 4.98 Å². The molecule has 0 atom stereocenters. The molecule has 0 aromatic carbocycles. The summed E-state index contributed by atoms with van der Waals surface area (Å²) in [5.74, 6) is -0.0412. The second-order valence-electron chi connectivity index (χ2n) is 8.86. The molecule has 7 nitrogen and oxygen atoms in total. The van der Waals surface area contributed by atoms with Gasteiger partial charge in [0, 0.05) is 36.1 Å². The second kappa shape index (κ2) is 7.02. The Morgan fingerprint density at radius 2 is 1.94 bits per heavy atom. The van der Waals surface area contributed by atoms with Gasteiger partial charge in [0.15, 0.2) is 0 Å². The summed E-state index contributed by atoms with van der Waals surface area (Å²) in [6, 6.07) is 7.63. The molecule has 0 bridgehead atoms. The summed E-state index contributed by atoms with van der Waals surface area (Å²) in [7, 11) is 1.77. The molecule has 156 valence electrons. The van der Waals surface area contributed by atoms with Crippen molar-refractivity contribution in [1.29, 1.82) is 5.26 Å². The first-order chi connectivity index (χ1) is 14.9. The van der Waals surface area contributed by atoms with E-state index in [2.05, 4.69) is 33.8 Å². The molecular formula is C24H24N6O. The third-order valence-corrected chi connectivity index (χ3v) is 6.64. The Morgan fingerprint density at radius 1 is 1.16 bits per heavy atom. The van der Waals surface area contributed by atoms with E-state index in [1.54, 1.807) is 24.2 Å². The lowest BCUT2D eigenvalue weighted by Crippen LogP contribution is -2.26. The van der Waals surface area contributed by atoms with Gasteiger partial charge in [0.1, 0.15) is 11.8 Å². The van der Waals surface area contributed by atoms with E-state index in [4.69, 9.17) is 5.10 Å². The number of nitriles is 1. The van der Waals surface area contributed by atoms with Crippen molar-refractivity contribution in [3.8, 4) is 28.5 Å². The number of rotatable bonds is 3. The lowest BCUT2D eigenvalue weighted by molar-refractivity contribution is 0.0816. The van der Waals surface area contributed by atoms with E-state index in [1.807, 2.05) is 19.1 Å². The van der Waals surface area contributed by atoms with Crippen LogP contribution in [-0.4, -0.2) is 37.6 Å². The molecule has 1 amide bonds. The van der Waals surface area contributed by atoms with Gasteiger partial charge in [0.2, 0.25) is 0 Å². The Hall–Kier alpha value is -3.53. The number of hydrogen-bond donors (Lipinski definition) is 0. The molecule has 0 saturated heterocycles. The van der Waals surface area contributed by atoms with Gasteiger partial charge in [0.05, 0.1) is 34.7 Å². The average Bonchev–Trinajstić information content (AvgIpc) is 3.46. The van der Waals surface area contributed by atoms with Gasteiger partial charge in [-0.3, -0.25) is 14.5 Å². The average molecular weight is 412 g/mol. The van der Waals surface area contributed by atoms with Crippen LogP contribution >= 0.6 is 0 Å². The molecule has 1 aliphatic carbocycles. The lowest BCUT2D eigenvalue weighted by atomic mass is 9.98. The van der Waals surface area contributed by atoms with Gasteiger partial charge < -0.3 is 4.90 Å². The maximum absolute atomic E-state index is 12.5. The summed E-state index contributed by atoms with van der Waals surface area (Å²) in [6.07, 6.45) is 8.53. The molecule has 31 heavy (non-hydrogen) atoms. The minimum Gasteiger partial charge on any atom is -0.336 e. The first-order valence-corrected chi connectivity index (χ1v) is 10.6. The van der Waals surface area contributed by atoms with Gasteiger partial charge in [-0.2, -0.15) is 10.4 Å². The standard InChI is InChI=1S/C24H24N6O/c1-15-20(13-30(28-15)24(2)8-4-5-9-24)18-7-6-17(11-25)27-22(18)16-10-19-21(26-12-16)14-29(3)23(19)31/h6-7,10,12-13H,4-5,8-9,14H2,1-3H3. The quantitative estimate of drug-likeness (QED) is 0.647. The van der Waals surface area contributed by atoms with Crippen LogP contribution in [0.3, 0.4) is 0 Å². The number of fused-ring (bicyclic) bond motifs is 1. The highest BCUT2D eigenvalue weighted by Gasteiger charge is 2.32. The molecule has 0 unspecified atom stereocenters. The maximum atomic E-state index is 12.5. The second-order valence-corrected chi connectivity index (χ2v) is 8.86. The highest BCUT2D eigenvalue weighted by atomic mass is 16.2. The number of hydrogen-bond acceptors (Lipinski definition) is 5. The van der Waals surface area contributed by atoms with E-state index in [1.165, 1.54) is 12.8 Å². The highest BCUT2D eigenvalue weighted by Crippen LogP contribution is 2.39. The first-order valence-electron chi connectivity index (χ1n) is 10.6. The summed E-state index contributed by atoms with van der Waals surface area (Å²) in [5.41, 5.74) is 5.92. The van der Waals surface area contributed by atoms with Crippen molar-refractivity contribution in [3.63, 3.8) is 0 Å². The smallest absolute Gasteiger partial charge is 0.255 e. The Balaban J connectivity index is 1.65. The predicted molar refractivity (Wildman–Crippen MR) is 116 cm³/mol. The molecular weight excluding hydrogens is 388 g/mol. The van der Waals surface area contributed by atoms with Gasteiger partial charge >= 0.3 is 0 Å². The molecule has 3 aromatic heterocycles. The molecule has 1 saturated carbocycles. The molecule has 0 N–H and O–H groups in total. The zero-order valence-corrected chi connectivity index (χ0v) is 18.0. The van der Waals surface area contributed by atoms with E-state index in [0.717, 1.165) is 40.9 Å². The summed E-state index contributed by atoms with van der Waals surface area (Å²) in [6.45, 7) is 4.78. The SMILES string of the molecule is Cc1nn(C2(C)CCCC2)cc1-c1ccc(C#N)nc1-c1cnc2c(c1)C(=O)N(C)C2. The van der Waals surface area contributed by atoms with E-state index in [9.17, 15) is 10.1 Å². The Kier molecular flexibility index (Phi) is 4.40. The van der Waals surface area contributed by atoms with Crippen LogP contribution < -0.4 is 0 Å². The molecule has 3 aromatic rings. The Bertz CT molecular complexity index is 1250. The van der Waals surface area contributed by atoms with Gasteiger partial charge in [0.25, 0.3) is 5.91 Å². The number of aryl methyl sites for hydroxylation is 1. The Morgan fingerprint density at radius 3 is 2.68 bits per heavy atom. The zero-order valence-electron chi connectivity index (χ0n) is 18.0. The van der Waals surface area contributed by atoms with Crippen LogP contribution in [-0.2, 0) is 12.1 Å². The molecule has 1 aliphatic heterocycles. The third kappa shape index (κ3) is 3.10. The van der Waals surface area contributed by atoms with E-state index in [0.29, 0.717) is 23.5 Å². The van der Waals surface area contributed by atoms with E-state index < -0.39 is 0 Å². The molecule has 7 heteroatoms. The first kappa shape index (κ1) is 19.4. The van der Waals surface area contributed by atoms with Crippen molar-refractivity contribution < 1.29 is 4.79 Å². The minimum absolute atomic E-state index is 0.0370. The predicted octanol–water partition coefficient (Wildman–Crippen LogP) is 4.06. The van der Waals surface area contributed by atoms with Crippen molar-refractivity contribution in [1.82, 2.24) is 24.6 Å². The van der Waals surface area contributed by atoms with Crippen LogP contribution in [0.15, 0.2) is 30.6 Å². The largest absolute Gasteiger partial charge is 0.336 e. The molecule has 5 rings (SSSR count). The number of pyridine rings is 2. The molecule has 1 fully saturated rings. The van der Waals surface area contributed by atoms with Crippen LogP contribution in [0.5, 0.6) is 0 Å². The third-order valence-electron chi connectivity index (χ3n) is 6.64. The lowest BCUT2D eigenvalue weighted by Gasteiger charge is -2.24. The van der Waals surface area contributed by atoms with Crippen LogP contribution in [0.4, 0.5) is 0 Å². The summed E-state index contributed by atoms with van der Waals surface area (Å²) in [5, 5.41) is 14.3. The van der Waals surface area contributed by atoms with Gasteiger partial charge in [-0.05, 0) is 44.9 Å². The number of carbonyl (C=O) groups excluding carboxylic acids is 1. The highest BCUT2D eigenvalue weighted by molar-refractivity contribution is 5.99. The van der Waals surface area contributed by atoms with Crippen molar-refractivity contribution in [3.05, 3.63) is 53.2 Å². The minimum atomic E-state index is -0.0412. The fourth-order valence-corrected chi connectivity index (χ4v) is 4.76. The van der Waals surface area contributed by atoms with Gasteiger partial charge in [-0.1, -0.05) is 12.8 Å². The number of aromatic nitrogens is 4. The van der Waals surface area contributed by atoms with Crippen molar-refractivity contribution in [2.45, 2.75) is 51.6 Å². The summed E-state index contributed by atoms with van der Waals surface area (Å²) < 4.78 is 2.10. The number of nitrogens with zero attached hydrogens (tertiary/aromatic N) is 6. The van der Waals surface area contributed by atoms with Crippen molar-refractivity contribution in [2.24, 2.45) is 0 Å². The van der Waals surface area contributed by atoms with Crippen molar-refractivity contribution >= 4 is 5.91 Å². The number of amides is 1. The molecule has 4 heterocycles. The monoisotopic (exact) mass is 412 g/mol. The van der Waals surface area contributed by atoms with Crippen LogP contribution in [0, 0.1) is 18.3 Å². The molecule has 0 spiro atoms. The van der Waals surface area contributed by atoms with E-state index in [-0.39, 0.29) is 11.4 Å². The molecule has 2 aliphatic rings. The maximum Gasteiger partial charge on any atom is 0.255 e. The normalized spacial score (nSPS) is 17.1. The fraction of sp³-hybridized carbons (Fsp3) is 0.375. The van der Waals surface area contributed by atoms with Gasteiger partial charge in [-0.15, -0.1) is 0 Å². The van der Waals surface area contributed by atoms with Crippen LogP contribution in [0.25, 0.3) is 22.4 Å². The number of carbonyl (C=O) groups is 1. The fourth-order valence-electron chi connectivity index (χ4n) is 4.76. The zero-order chi connectivity index (χ0) is 21.8. The van der Waals surface area contributed by atoms with E-state index >= 15 is 0 Å². The summed E-state index contributed by atoms with van der Waals surface area (Å²) in [4.78, 5) is 23.3. The Labute approximate surface area is 181 Å². The van der Waals surface area contributed by atoms with Crippen LogP contribution in [0.2, 0.25) is 0 Å². The molecule has 0 radical (unpaired) electrons. The summed E-state index contributed by atoms with van der Waals surface area (Å²) >= 11 is 0.